The number of likely N-dealkylation sites (N-methyl/N-ethyl adjacent to an activating group) is 1. The van der Waals surface area contributed by atoms with Crippen LogP contribution in [0.1, 0.15) is 35.1 Å². The van der Waals surface area contributed by atoms with Crippen LogP contribution in [0.15, 0.2) is 97.1 Å². The highest BCUT2D eigenvalue weighted by Crippen LogP contribution is 2.50. The normalized spacial score (nSPS) is 13.2. The molecule has 4 heteroatoms. The Labute approximate surface area is 205 Å². The van der Waals surface area contributed by atoms with Gasteiger partial charge in [0.15, 0.2) is 0 Å². The minimum Gasteiger partial charge on any atom is -0.457 e. The number of carbonyl (C=O) groups is 1. The van der Waals surface area contributed by atoms with E-state index in [1.807, 2.05) is 85.1 Å². The minimum atomic E-state index is -0.836. The van der Waals surface area contributed by atoms with E-state index in [4.69, 9.17) is 4.74 Å². The van der Waals surface area contributed by atoms with Gasteiger partial charge in [-0.05, 0) is 37.0 Å². The summed E-state index contributed by atoms with van der Waals surface area (Å²) in [6.07, 6.45) is 4.26. The molecule has 1 aliphatic heterocycles. The zero-order valence-electron chi connectivity index (χ0n) is 19.6. The van der Waals surface area contributed by atoms with Crippen LogP contribution >= 0.6 is 0 Å². The number of benzene rings is 4. The van der Waals surface area contributed by atoms with Gasteiger partial charge in [0.05, 0.1) is 6.29 Å². The van der Waals surface area contributed by atoms with E-state index in [9.17, 15) is 9.59 Å². The number of carbonyl (C=O) groups excluding carboxylic acids is 2. The molecule has 0 saturated carbocycles. The zero-order valence-corrected chi connectivity index (χ0v) is 19.6. The number of aryl methyl sites for hydroxylation is 1. The molecule has 5 rings (SSSR count). The summed E-state index contributed by atoms with van der Waals surface area (Å²) in [5.74, 6) is 1.40. The first-order valence-corrected chi connectivity index (χ1v) is 11.8. The van der Waals surface area contributed by atoms with Gasteiger partial charge in [-0.3, -0.25) is 4.79 Å². The van der Waals surface area contributed by atoms with E-state index in [-0.39, 0.29) is 5.91 Å². The second-order valence-electron chi connectivity index (χ2n) is 8.78. The molecule has 4 nitrogen and oxygen atoms in total. The van der Waals surface area contributed by atoms with Crippen LogP contribution in [0.3, 0.4) is 0 Å². The number of hydrogen-bond donors (Lipinski definition) is 1. The first-order chi connectivity index (χ1) is 17.2. The molecule has 1 aliphatic rings. The predicted molar refractivity (Wildman–Crippen MR) is 137 cm³/mol. The van der Waals surface area contributed by atoms with E-state index in [0.29, 0.717) is 12.0 Å². The Morgan fingerprint density at radius 2 is 1.51 bits per heavy atom. The predicted octanol–water partition coefficient (Wildman–Crippen LogP) is 5.97. The van der Waals surface area contributed by atoms with Gasteiger partial charge in [0.25, 0.3) is 0 Å². The number of hydrogen-bond acceptors (Lipinski definition) is 3. The quantitative estimate of drug-likeness (QED) is 0.346. The van der Waals surface area contributed by atoms with Crippen molar-refractivity contribution in [3.8, 4) is 22.6 Å². The fraction of sp³-hybridized carbons (Fsp3) is 0.161. The summed E-state index contributed by atoms with van der Waals surface area (Å²) in [7, 11) is 1.69. The fourth-order valence-electron chi connectivity index (χ4n) is 5.20. The summed E-state index contributed by atoms with van der Waals surface area (Å²) in [5, 5.41) is 2.92. The number of amides is 1. The van der Waals surface area contributed by atoms with Gasteiger partial charge in [-0.25, -0.2) is 0 Å². The van der Waals surface area contributed by atoms with Crippen molar-refractivity contribution in [2.45, 2.75) is 24.7 Å². The van der Waals surface area contributed by atoms with Crippen LogP contribution in [0, 0.1) is 0 Å². The molecule has 0 spiro atoms. The largest absolute Gasteiger partial charge is 0.457 e. The molecule has 1 heterocycles. The van der Waals surface area contributed by atoms with Crippen molar-refractivity contribution in [2.75, 3.05) is 7.05 Å². The van der Waals surface area contributed by atoms with Gasteiger partial charge in [-0.1, -0.05) is 72.3 Å². The molecule has 0 radical (unpaired) electrons. The van der Waals surface area contributed by atoms with Crippen LogP contribution in [0.25, 0.3) is 11.1 Å². The van der Waals surface area contributed by atoms with Gasteiger partial charge in [0.2, 0.25) is 5.91 Å². The minimum absolute atomic E-state index is 0.0371. The number of ether oxygens (including phenoxy) is 1. The van der Waals surface area contributed by atoms with Crippen LogP contribution in [0.2, 0.25) is 0 Å². The lowest BCUT2D eigenvalue weighted by Gasteiger charge is -2.38. The van der Waals surface area contributed by atoms with Gasteiger partial charge >= 0.3 is 0 Å². The topological polar surface area (TPSA) is 55.4 Å². The molecule has 0 bridgehead atoms. The molecule has 1 amide bonds. The summed E-state index contributed by atoms with van der Waals surface area (Å²) < 4.78 is 6.17. The van der Waals surface area contributed by atoms with Gasteiger partial charge < -0.3 is 14.8 Å². The Kier molecular flexibility index (Phi) is 6.19. The van der Waals surface area contributed by atoms with Crippen molar-refractivity contribution < 1.29 is 14.3 Å². The Morgan fingerprint density at radius 1 is 0.857 bits per heavy atom. The lowest BCUT2D eigenvalue weighted by Crippen LogP contribution is -2.45. The second-order valence-corrected chi connectivity index (χ2v) is 8.78. The molecule has 4 aromatic rings. The van der Waals surface area contributed by atoms with Crippen molar-refractivity contribution >= 4 is 12.2 Å². The smallest absolute Gasteiger partial charge is 0.235 e. The number of rotatable bonds is 7. The number of para-hydroxylation sites is 2. The third-order valence-electron chi connectivity index (χ3n) is 6.82. The average Bonchev–Trinajstić information content (AvgIpc) is 2.92. The second kappa shape index (κ2) is 9.59. The SMILES string of the molecule is CNC(=O)C1(CCCc2cccc(-c3ccccc3[C-]=O)c2)c2ccccc2Oc2ccccc21. The van der Waals surface area contributed by atoms with E-state index in [1.54, 1.807) is 13.1 Å². The average molecular weight is 461 g/mol. The third kappa shape index (κ3) is 4.01. The summed E-state index contributed by atoms with van der Waals surface area (Å²) in [5.41, 5.74) is 4.52. The maximum atomic E-state index is 13.6. The van der Waals surface area contributed by atoms with Crippen molar-refractivity contribution in [1.29, 1.82) is 0 Å². The summed E-state index contributed by atoms with van der Waals surface area (Å²) in [6.45, 7) is 0. The Morgan fingerprint density at radius 3 is 2.20 bits per heavy atom. The zero-order chi connectivity index (χ0) is 24.3. The summed E-state index contributed by atoms with van der Waals surface area (Å²) >= 11 is 0. The van der Waals surface area contributed by atoms with Crippen molar-refractivity contribution in [3.63, 3.8) is 0 Å². The van der Waals surface area contributed by atoms with E-state index in [2.05, 4.69) is 17.4 Å². The molecule has 1 N–H and O–H groups in total. The summed E-state index contributed by atoms with van der Waals surface area (Å²) in [6, 6.07) is 31.3. The molecular formula is C31H26NO3-. The maximum Gasteiger partial charge on any atom is 0.235 e. The van der Waals surface area contributed by atoms with E-state index in [1.165, 1.54) is 0 Å². The first-order valence-electron chi connectivity index (χ1n) is 11.8. The maximum absolute atomic E-state index is 13.6. The van der Waals surface area contributed by atoms with Crippen molar-refractivity contribution in [3.05, 3.63) is 119 Å². The third-order valence-corrected chi connectivity index (χ3v) is 6.82. The molecule has 0 atom stereocenters. The molecule has 0 aromatic heterocycles. The van der Waals surface area contributed by atoms with Crippen LogP contribution < -0.4 is 10.1 Å². The van der Waals surface area contributed by atoms with Crippen LogP contribution in [-0.4, -0.2) is 19.2 Å². The molecule has 35 heavy (non-hydrogen) atoms. The van der Waals surface area contributed by atoms with Crippen LogP contribution in [-0.2, 0) is 21.4 Å². The van der Waals surface area contributed by atoms with Gasteiger partial charge in [-0.15, -0.1) is 23.3 Å². The van der Waals surface area contributed by atoms with Crippen LogP contribution in [0.4, 0.5) is 0 Å². The molecule has 4 aromatic carbocycles. The van der Waals surface area contributed by atoms with E-state index >= 15 is 0 Å². The molecular weight excluding hydrogens is 434 g/mol. The lowest BCUT2D eigenvalue weighted by molar-refractivity contribution is -0.125. The Hall–Kier alpha value is -4.18. The molecule has 174 valence electrons. The first kappa shape index (κ1) is 22.6. The lowest BCUT2D eigenvalue weighted by atomic mass is 9.68. The monoisotopic (exact) mass is 460 g/mol. The molecule has 0 unspecified atom stereocenters. The Bertz CT molecular complexity index is 1350. The highest BCUT2D eigenvalue weighted by molar-refractivity contribution is 5.94. The Balaban J connectivity index is 1.47. The standard InChI is InChI=1S/C31H26NO3/c1-32-30(34)31(26-15-4-6-17-28(26)35-29-18-7-5-16-27(29)31)19-9-11-22-10-8-13-23(20-22)25-14-3-2-12-24(25)21-33/h2-8,10,12-18,20H,9,11,19H2,1H3,(H,32,34)/q-1. The number of fused-ring (bicyclic) bond motifs is 2. The fourth-order valence-corrected chi connectivity index (χ4v) is 5.20. The van der Waals surface area contributed by atoms with Crippen molar-refractivity contribution in [1.82, 2.24) is 5.32 Å². The van der Waals surface area contributed by atoms with Crippen LogP contribution in [0.5, 0.6) is 11.5 Å². The molecule has 0 aliphatic carbocycles. The van der Waals surface area contributed by atoms with Gasteiger partial charge in [0.1, 0.15) is 16.9 Å². The van der Waals surface area contributed by atoms with E-state index in [0.717, 1.165) is 52.2 Å². The molecule has 0 fully saturated rings. The van der Waals surface area contributed by atoms with Gasteiger partial charge in [-0.2, -0.15) is 6.07 Å². The number of nitrogens with one attached hydrogen (secondary N) is 1. The molecule has 0 saturated heterocycles. The highest BCUT2D eigenvalue weighted by Gasteiger charge is 2.47. The summed E-state index contributed by atoms with van der Waals surface area (Å²) in [4.78, 5) is 25.0. The highest BCUT2D eigenvalue weighted by atomic mass is 16.5. The van der Waals surface area contributed by atoms with E-state index < -0.39 is 5.41 Å². The van der Waals surface area contributed by atoms with Gasteiger partial charge in [0, 0.05) is 18.2 Å². The van der Waals surface area contributed by atoms with Crippen molar-refractivity contribution in [2.24, 2.45) is 0 Å².